The third-order valence-electron chi connectivity index (χ3n) is 2.66. The van der Waals surface area contributed by atoms with Gasteiger partial charge in [-0.05, 0) is 42.0 Å². The largest absolute Gasteiger partial charge is 0.478 e. The molecule has 0 unspecified atom stereocenters. The summed E-state index contributed by atoms with van der Waals surface area (Å²) in [6.07, 6.45) is 0. The van der Waals surface area contributed by atoms with E-state index in [2.05, 4.69) is 0 Å². The van der Waals surface area contributed by atoms with Crippen LogP contribution in [0.5, 0.6) is 0 Å². The van der Waals surface area contributed by atoms with E-state index in [4.69, 9.17) is 10.4 Å². The molecule has 100 valence electrons. The standard InChI is InChI=1S/C15H10FNO2S/c16-13-5-4-11(8-17)12(6-13)9-20-14-3-1-2-10(7-14)15(18)19/h1-7H,9H2,(H,18,19). The smallest absolute Gasteiger partial charge is 0.335 e. The summed E-state index contributed by atoms with van der Waals surface area (Å²) in [6.45, 7) is 0. The summed E-state index contributed by atoms with van der Waals surface area (Å²) in [7, 11) is 0. The van der Waals surface area contributed by atoms with E-state index in [9.17, 15) is 9.18 Å². The van der Waals surface area contributed by atoms with Gasteiger partial charge in [-0.25, -0.2) is 9.18 Å². The zero-order chi connectivity index (χ0) is 14.5. The average molecular weight is 287 g/mol. The first kappa shape index (κ1) is 14.1. The van der Waals surface area contributed by atoms with Crippen molar-refractivity contribution < 1.29 is 14.3 Å². The monoisotopic (exact) mass is 287 g/mol. The van der Waals surface area contributed by atoms with Crippen molar-refractivity contribution in [2.24, 2.45) is 0 Å². The molecule has 0 aromatic heterocycles. The average Bonchev–Trinajstić information content (AvgIpc) is 2.45. The summed E-state index contributed by atoms with van der Waals surface area (Å²) in [6, 6.07) is 12.5. The molecule has 0 aliphatic heterocycles. The maximum Gasteiger partial charge on any atom is 0.335 e. The Labute approximate surface area is 119 Å². The van der Waals surface area contributed by atoms with Gasteiger partial charge in [-0.15, -0.1) is 11.8 Å². The number of carbonyl (C=O) groups is 1. The molecule has 0 saturated carbocycles. The molecule has 2 rings (SSSR count). The van der Waals surface area contributed by atoms with Gasteiger partial charge in [0.15, 0.2) is 0 Å². The second-order valence-corrected chi connectivity index (χ2v) is 5.08. The molecule has 5 heteroatoms. The minimum atomic E-state index is -0.990. The van der Waals surface area contributed by atoms with Crippen molar-refractivity contribution in [2.75, 3.05) is 0 Å². The van der Waals surface area contributed by atoms with E-state index in [1.807, 2.05) is 6.07 Å². The fourth-order valence-corrected chi connectivity index (χ4v) is 2.62. The molecule has 0 amide bonds. The minimum absolute atomic E-state index is 0.203. The molecular formula is C15H10FNO2S. The highest BCUT2D eigenvalue weighted by Gasteiger charge is 2.07. The molecule has 0 aliphatic carbocycles. The molecule has 0 saturated heterocycles. The molecule has 0 atom stereocenters. The van der Waals surface area contributed by atoms with Crippen LogP contribution in [0.25, 0.3) is 0 Å². The molecule has 0 aliphatic rings. The number of thioether (sulfide) groups is 1. The zero-order valence-electron chi connectivity index (χ0n) is 10.3. The Morgan fingerprint density at radius 3 is 2.80 bits per heavy atom. The highest BCUT2D eigenvalue weighted by molar-refractivity contribution is 7.98. The lowest BCUT2D eigenvalue weighted by molar-refractivity contribution is 0.0696. The minimum Gasteiger partial charge on any atom is -0.478 e. The van der Waals surface area contributed by atoms with Crippen LogP contribution in [0.2, 0.25) is 0 Å². The van der Waals surface area contributed by atoms with Crippen molar-refractivity contribution >= 4 is 17.7 Å². The number of nitrogens with zero attached hydrogens (tertiary/aromatic N) is 1. The van der Waals surface area contributed by atoms with E-state index in [0.717, 1.165) is 4.90 Å². The van der Waals surface area contributed by atoms with Gasteiger partial charge >= 0.3 is 5.97 Å². The third-order valence-corrected chi connectivity index (χ3v) is 3.71. The zero-order valence-corrected chi connectivity index (χ0v) is 11.2. The second kappa shape index (κ2) is 6.22. The number of hydrogen-bond donors (Lipinski definition) is 1. The summed E-state index contributed by atoms with van der Waals surface area (Å²) < 4.78 is 13.2. The number of benzene rings is 2. The van der Waals surface area contributed by atoms with Crippen molar-refractivity contribution in [3.8, 4) is 6.07 Å². The molecule has 0 fully saturated rings. The number of halogens is 1. The van der Waals surface area contributed by atoms with Gasteiger partial charge < -0.3 is 5.11 Å². The quantitative estimate of drug-likeness (QED) is 0.871. The fraction of sp³-hybridized carbons (Fsp3) is 0.0667. The Morgan fingerprint density at radius 2 is 2.10 bits per heavy atom. The van der Waals surface area contributed by atoms with E-state index >= 15 is 0 Å². The molecule has 0 heterocycles. The normalized spacial score (nSPS) is 10.0. The van der Waals surface area contributed by atoms with Crippen molar-refractivity contribution in [2.45, 2.75) is 10.6 Å². The topological polar surface area (TPSA) is 61.1 Å². The highest BCUT2D eigenvalue weighted by atomic mass is 32.2. The van der Waals surface area contributed by atoms with Gasteiger partial charge in [0.05, 0.1) is 17.2 Å². The van der Waals surface area contributed by atoms with Crippen LogP contribution >= 0.6 is 11.8 Å². The first-order valence-corrected chi connectivity index (χ1v) is 6.73. The third kappa shape index (κ3) is 3.37. The number of nitriles is 1. The highest BCUT2D eigenvalue weighted by Crippen LogP contribution is 2.25. The van der Waals surface area contributed by atoms with Crippen LogP contribution in [0.4, 0.5) is 4.39 Å². The number of rotatable bonds is 4. The van der Waals surface area contributed by atoms with Crippen LogP contribution in [-0.4, -0.2) is 11.1 Å². The van der Waals surface area contributed by atoms with E-state index < -0.39 is 5.97 Å². The van der Waals surface area contributed by atoms with Crippen molar-refractivity contribution in [1.82, 2.24) is 0 Å². The Morgan fingerprint density at radius 1 is 1.30 bits per heavy atom. The summed E-state index contributed by atoms with van der Waals surface area (Å²) in [5.41, 5.74) is 1.22. The molecule has 1 N–H and O–H groups in total. The van der Waals surface area contributed by atoms with Gasteiger partial charge in [-0.3, -0.25) is 0 Å². The molecule has 2 aromatic rings. The van der Waals surface area contributed by atoms with Crippen LogP contribution in [0, 0.1) is 17.1 Å². The van der Waals surface area contributed by atoms with Crippen molar-refractivity contribution in [3.63, 3.8) is 0 Å². The Kier molecular flexibility index (Phi) is 4.38. The molecule has 0 spiro atoms. The Hall–Kier alpha value is -2.32. The number of carboxylic acids is 1. The lowest BCUT2D eigenvalue weighted by Crippen LogP contribution is -1.95. The maximum atomic E-state index is 13.2. The predicted octanol–water partition coefficient (Wildman–Crippen LogP) is 3.69. The van der Waals surface area contributed by atoms with Gasteiger partial charge in [-0.2, -0.15) is 5.26 Å². The van der Waals surface area contributed by atoms with Crippen LogP contribution in [0.15, 0.2) is 47.4 Å². The number of carboxylic acid groups (broad SMARTS) is 1. The Bertz CT molecular complexity index is 695. The lowest BCUT2D eigenvalue weighted by Gasteiger charge is -2.05. The van der Waals surface area contributed by atoms with Crippen molar-refractivity contribution in [1.29, 1.82) is 5.26 Å². The van der Waals surface area contributed by atoms with Gasteiger partial charge in [-0.1, -0.05) is 6.07 Å². The first-order chi connectivity index (χ1) is 9.60. The second-order valence-electron chi connectivity index (χ2n) is 4.03. The molecular weight excluding hydrogens is 277 g/mol. The van der Waals surface area contributed by atoms with E-state index in [1.54, 1.807) is 18.2 Å². The van der Waals surface area contributed by atoms with Crippen LogP contribution < -0.4 is 0 Å². The van der Waals surface area contributed by atoms with E-state index in [0.29, 0.717) is 16.9 Å². The summed E-state index contributed by atoms with van der Waals surface area (Å²) in [4.78, 5) is 11.6. The molecule has 2 aromatic carbocycles. The predicted molar refractivity (Wildman–Crippen MR) is 74.1 cm³/mol. The van der Waals surface area contributed by atoms with E-state index in [-0.39, 0.29) is 11.4 Å². The summed E-state index contributed by atoms with van der Waals surface area (Å²) in [5.74, 6) is -0.973. The van der Waals surface area contributed by atoms with Crippen LogP contribution in [-0.2, 0) is 5.75 Å². The Balaban J connectivity index is 2.17. The van der Waals surface area contributed by atoms with Gasteiger partial charge in [0.1, 0.15) is 5.82 Å². The fourth-order valence-electron chi connectivity index (χ4n) is 1.67. The molecule has 20 heavy (non-hydrogen) atoms. The molecule has 0 radical (unpaired) electrons. The first-order valence-electron chi connectivity index (χ1n) is 5.75. The van der Waals surface area contributed by atoms with E-state index in [1.165, 1.54) is 36.0 Å². The van der Waals surface area contributed by atoms with Crippen molar-refractivity contribution in [3.05, 3.63) is 65.0 Å². The number of hydrogen-bond acceptors (Lipinski definition) is 3. The van der Waals surface area contributed by atoms with Crippen LogP contribution in [0.1, 0.15) is 21.5 Å². The number of aromatic carboxylic acids is 1. The van der Waals surface area contributed by atoms with Gasteiger partial charge in [0.25, 0.3) is 0 Å². The van der Waals surface area contributed by atoms with Gasteiger partial charge in [0.2, 0.25) is 0 Å². The van der Waals surface area contributed by atoms with Crippen LogP contribution in [0.3, 0.4) is 0 Å². The molecule has 3 nitrogen and oxygen atoms in total. The van der Waals surface area contributed by atoms with Gasteiger partial charge in [0, 0.05) is 10.6 Å². The lowest BCUT2D eigenvalue weighted by atomic mass is 10.1. The summed E-state index contributed by atoms with van der Waals surface area (Å²) in [5, 5.41) is 17.9. The maximum absolute atomic E-state index is 13.2. The summed E-state index contributed by atoms with van der Waals surface area (Å²) >= 11 is 1.36. The SMILES string of the molecule is N#Cc1ccc(F)cc1CSc1cccc(C(=O)O)c1. The molecule has 0 bridgehead atoms.